The second-order valence-corrected chi connectivity index (χ2v) is 8.14. The van der Waals surface area contributed by atoms with Gasteiger partial charge in [-0.2, -0.15) is 0 Å². The van der Waals surface area contributed by atoms with E-state index >= 15 is 0 Å². The summed E-state index contributed by atoms with van der Waals surface area (Å²) in [6, 6.07) is 11.8. The first-order valence-electron chi connectivity index (χ1n) is 9.81. The van der Waals surface area contributed by atoms with Gasteiger partial charge in [-0.25, -0.2) is 9.78 Å². The zero-order chi connectivity index (χ0) is 20.5. The monoisotopic (exact) mass is 417 g/mol. The fraction of sp³-hybridized carbons (Fsp3) is 0.217. The molecule has 0 unspecified atom stereocenters. The number of esters is 1. The molecule has 3 heterocycles. The number of carbonyl (C=O) groups is 1. The van der Waals surface area contributed by atoms with Crippen LogP contribution in [-0.4, -0.2) is 21.2 Å². The summed E-state index contributed by atoms with van der Waals surface area (Å²) in [5.74, 6) is 0.334. The highest BCUT2D eigenvalue weighted by molar-refractivity contribution is 7.10. The number of nitrogens with zero attached hydrogens (tertiary/aromatic N) is 3. The fourth-order valence-corrected chi connectivity index (χ4v) is 4.53. The molecule has 4 aromatic rings. The topological polar surface area (TPSA) is 78.1 Å². The molecule has 150 valence electrons. The van der Waals surface area contributed by atoms with Crippen molar-refractivity contribution >= 4 is 39.9 Å². The Hall–Kier alpha value is -3.32. The molecule has 0 amide bonds. The Labute approximate surface area is 177 Å². The predicted octanol–water partition coefficient (Wildman–Crippen LogP) is 5.22. The summed E-state index contributed by atoms with van der Waals surface area (Å²) < 4.78 is 10.9. The lowest BCUT2D eigenvalue weighted by molar-refractivity contribution is 0.0437. The number of hydrogen-bond donors (Lipinski definition) is 0. The molecule has 0 bridgehead atoms. The quantitative estimate of drug-likeness (QED) is 0.424. The number of fused-ring (bicyclic) bond motifs is 2. The molecule has 6 nitrogen and oxygen atoms in total. The Kier molecular flexibility index (Phi) is 4.88. The Morgan fingerprint density at radius 1 is 1.20 bits per heavy atom. The molecule has 0 aliphatic heterocycles. The molecule has 0 atom stereocenters. The standard InChI is InChI=1S/C23H19N3O3S/c1-14-25-26-20(29-14)13-28-23(27)21-17-8-2-3-10-19(17)24-22-15(6-4-9-18(21)22)12-16-7-5-11-30-16/h2-3,5,7-8,10-12H,4,6,9,13H2,1H3. The van der Waals surface area contributed by atoms with Crippen LogP contribution in [0.15, 0.2) is 46.2 Å². The van der Waals surface area contributed by atoms with Crippen molar-refractivity contribution < 1.29 is 13.9 Å². The molecule has 0 radical (unpaired) electrons. The summed E-state index contributed by atoms with van der Waals surface area (Å²) in [6.07, 6.45) is 4.87. The average Bonchev–Trinajstić information content (AvgIpc) is 3.42. The van der Waals surface area contributed by atoms with Crippen molar-refractivity contribution in [3.8, 4) is 0 Å². The van der Waals surface area contributed by atoms with Gasteiger partial charge in [-0.05, 0) is 54.0 Å². The van der Waals surface area contributed by atoms with E-state index in [1.54, 1.807) is 18.3 Å². The van der Waals surface area contributed by atoms with E-state index in [0.29, 0.717) is 11.5 Å². The Balaban J connectivity index is 1.59. The third-order valence-corrected chi connectivity index (χ3v) is 5.95. The number of aromatic nitrogens is 3. The minimum atomic E-state index is -0.391. The maximum absolute atomic E-state index is 13.2. The molecule has 3 aromatic heterocycles. The van der Waals surface area contributed by atoms with Gasteiger partial charge in [0.15, 0.2) is 6.61 Å². The van der Waals surface area contributed by atoms with E-state index in [-0.39, 0.29) is 12.5 Å². The first-order chi connectivity index (χ1) is 14.7. The summed E-state index contributed by atoms with van der Waals surface area (Å²) in [5, 5.41) is 10.5. The van der Waals surface area contributed by atoms with E-state index in [4.69, 9.17) is 14.1 Å². The van der Waals surface area contributed by atoms with Gasteiger partial charge in [-0.3, -0.25) is 0 Å². The maximum Gasteiger partial charge on any atom is 0.339 e. The maximum atomic E-state index is 13.2. The van der Waals surface area contributed by atoms with Gasteiger partial charge in [0.1, 0.15) is 0 Å². The number of thiophene rings is 1. The summed E-state index contributed by atoms with van der Waals surface area (Å²) >= 11 is 1.69. The number of carbonyl (C=O) groups excluding carboxylic acids is 1. The molecule has 30 heavy (non-hydrogen) atoms. The van der Waals surface area contributed by atoms with Crippen molar-refractivity contribution in [1.82, 2.24) is 15.2 Å². The number of rotatable bonds is 4. The largest absolute Gasteiger partial charge is 0.452 e. The van der Waals surface area contributed by atoms with E-state index in [9.17, 15) is 4.79 Å². The van der Waals surface area contributed by atoms with Gasteiger partial charge in [0.05, 0.1) is 16.8 Å². The van der Waals surface area contributed by atoms with Crippen LogP contribution in [0.2, 0.25) is 0 Å². The third-order valence-electron chi connectivity index (χ3n) is 5.13. The van der Waals surface area contributed by atoms with E-state index in [1.165, 1.54) is 4.88 Å². The molecular formula is C23H19N3O3S. The second kappa shape index (κ2) is 7.84. The normalized spacial score (nSPS) is 14.8. The summed E-state index contributed by atoms with van der Waals surface area (Å²) in [6.45, 7) is 1.65. The van der Waals surface area contributed by atoms with Crippen LogP contribution < -0.4 is 0 Å². The molecule has 1 aliphatic rings. The van der Waals surface area contributed by atoms with Crippen LogP contribution in [0.1, 0.15) is 51.1 Å². The third kappa shape index (κ3) is 3.52. The minimum Gasteiger partial charge on any atom is -0.452 e. The first kappa shape index (κ1) is 18.7. The molecular weight excluding hydrogens is 398 g/mol. The summed E-state index contributed by atoms with van der Waals surface area (Å²) in [7, 11) is 0. The van der Waals surface area contributed by atoms with E-state index in [2.05, 4.69) is 27.7 Å². The summed E-state index contributed by atoms with van der Waals surface area (Å²) in [5.41, 5.74) is 4.38. The number of benzene rings is 1. The molecule has 7 heteroatoms. The van der Waals surface area contributed by atoms with Crippen LogP contribution in [0.4, 0.5) is 0 Å². The van der Waals surface area contributed by atoms with E-state index in [1.807, 2.05) is 30.3 Å². The van der Waals surface area contributed by atoms with Gasteiger partial charge in [0.2, 0.25) is 5.89 Å². The van der Waals surface area contributed by atoms with Gasteiger partial charge in [0, 0.05) is 17.2 Å². The smallest absolute Gasteiger partial charge is 0.339 e. The summed E-state index contributed by atoms with van der Waals surface area (Å²) in [4.78, 5) is 19.3. The lowest BCUT2D eigenvalue weighted by Gasteiger charge is -2.22. The van der Waals surface area contributed by atoms with Crippen molar-refractivity contribution in [3.05, 3.63) is 75.3 Å². The number of allylic oxidation sites excluding steroid dienone is 1. The van der Waals surface area contributed by atoms with Gasteiger partial charge >= 0.3 is 5.97 Å². The number of para-hydroxylation sites is 1. The number of ether oxygens (including phenoxy) is 1. The van der Waals surface area contributed by atoms with E-state index in [0.717, 1.165) is 47.0 Å². The number of hydrogen-bond acceptors (Lipinski definition) is 7. The highest BCUT2D eigenvalue weighted by atomic mass is 32.1. The lowest BCUT2D eigenvalue weighted by Crippen LogP contribution is -2.15. The van der Waals surface area contributed by atoms with Crippen LogP contribution in [0.5, 0.6) is 0 Å². The SMILES string of the molecule is Cc1nnc(COC(=O)c2c3c(nc4ccccc24)C(=Cc2cccs2)CCC3)o1. The minimum absolute atomic E-state index is 0.0526. The van der Waals surface area contributed by atoms with Crippen molar-refractivity contribution in [1.29, 1.82) is 0 Å². The van der Waals surface area contributed by atoms with Crippen molar-refractivity contribution in [3.63, 3.8) is 0 Å². The molecule has 0 saturated carbocycles. The fourth-order valence-electron chi connectivity index (χ4n) is 3.85. The number of aryl methyl sites for hydroxylation is 1. The highest BCUT2D eigenvalue weighted by Crippen LogP contribution is 2.36. The molecule has 0 fully saturated rings. The predicted molar refractivity (Wildman–Crippen MR) is 115 cm³/mol. The van der Waals surface area contributed by atoms with Crippen LogP contribution in [0.3, 0.4) is 0 Å². The van der Waals surface area contributed by atoms with E-state index < -0.39 is 5.97 Å². The molecule has 5 rings (SSSR count). The Morgan fingerprint density at radius 2 is 2.10 bits per heavy atom. The molecule has 1 aliphatic carbocycles. The molecule has 1 aromatic carbocycles. The average molecular weight is 417 g/mol. The molecule has 0 N–H and O–H groups in total. The van der Waals surface area contributed by atoms with Gasteiger partial charge in [-0.15, -0.1) is 21.5 Å². The van der Waals surface area contributed by atoms with Crippen molar-refractivity contribution in [2.45, 2.75) is 32.8 Å². The zero-order valence-corrected chi connectivity index (χ0v) is 17.2. The van der Waals surface area contributed by atoms with Crippen molar-refractivity contribution in [2.24, 2.45) is 0 Å². The molecule has 0 saturated heterocycles. The number of pyridine rings is 1. The van der Waals surface area contributed by atoms with Crippen LogP contribution in [-0.2, 0) is 17.8 Å². The van der Waals surface area contributed by atoms with Gasteiger partial charge < -0.3 is 9.15 Å². The second-order valence-electron chi connectivity index (χ2n) is 7.16. The van der Waals surface area contributed by atoms with Gasteiger partial charge in [-0.1, -0.05) is 24.3 Å². The lowest BCUT2D eigenvalue weighted by atomic mass is 9.86. The molecule has 0 spiro atoms. The Bertz CT molecular complexity index is 1260. The Morgan fingerprint density at radius 3 is 2.90 bits per heavy atom. The first-order valence-corrected chi connectivity index (χ1v) is 10.7. The highest BCUT2D eigenvalue weighted by Gasteiger charge is 2.26. The van der Waals surface area contributed by atoms with Crippen LogP contribution in [0, 0.1) is 6.92 Å². The van der Waals surface area contributed by atoms with Crippen molar-refractivity contribution in [2.75, 3.05) is 0 Å². The van der Waals surface area contributed by atoms with Crippen LogP contribution >= 0.6 is 11.3 Å². The van der Waals surface area contributed by atoms with Gasteiger partial charge in [0.25, 0.3) is 5.89 Å². The zero-order valence-electron chi connectivity index (χ0n) is 16.4. The van der Waals surface area contributed by atoms with Crippen LogP contribution in [0.25, 0.3) is 22.6 Å².